The van der Waals surface area contributed by atoms with Gasteiger partial charge in [-0.25, -0.2) is 0 Å². The minimum atomic E-state index is -2.19. The third-order valence-electron chi connectivity index (χ3n) is 0.333. The van der Waals surface area contributed by atoms with Crippen LogP contribution in [0.25, 0.3) is 0 Å². The predicted octanol–water partition coefficient (Wildman–Crippen LogP) is -5.53. The van der Waals surface area contributed by atoms with Crippen LogP contribution in [0.15, 0.2) is 0 Å². The van der Waals surface area contributed by atoms with E-state index >= 15 is 0 Å². The lowest BCUT2D eigenvalue weighted by molar-refractivity contribution is -0.345. The molecular weight excluding hydrogens is 312 g/mol. The lowest BCUT2D eigenvalue weighted by Crippen LogP contribution is -2.42. The van der Waals surface area contributed by atoms with Gasteiger partial charge in [0.05, 0.1) is 23.9 Å². The van der Waals surface area contributed by atoms with Crippen LogP contribution in [0.5, 0.6) is 0 Å². The molecule has 22 heavy (non-hydrogen) atoms. The Hall–Kier alpha value is -2.36. The van der Waals surface area contributed by atoms with Crippen molar-refractivity contribution >= 4 is 23.9 Å². The fourth-order valence-corrected chi connectivity index (χ4v) is 0. The van der Waals surface area contributed by atoms with Crippen molar-refractivity contribution in [1.29, 1.82) is 0 Å². The van der Waals surface area contributed by atoms with Crippen molar-refractivity contribution in [2.45, 2.75) is 13.8 Å². The highest BCUT2D eigenvalue weighted by atomic mass is 16.4. The summed E-state index contributed by atoms with van der Waals surface area (Å²) in [5, 5.41) is 50.8. The summed E-state index contributed by atoms with van der Waals surface area (Å²) < 4.78 is 0. The molecule has 0 unspecified atom stereocenters. The Balaban J connectivity index is -0.0000000195. The van der Waals surface area contributed by atoms with Crippen molar-refractivity contribution in [2.24, 2.45) is 0 Å². The second kappa shape index (κ2) is 42.8. The zero-order valence-electron chi connectivity index (χ0n) is 13.6. The van der Waals surface area contributed by atoms with Gasteiger partial charge in [-0.1, -0.05) is 0 Å². The van der Waals surface area contributed by atoms with E-state index in [0.717, 1.165) is 0 Å². The van der Waals surface area contributed by atoms with Gasteiger partial charge in [0.25, 0.3) is 0 Å². The average Bonchev–Trinajstić information content (AvgIpc) is 2.20. The predicted molar refractivity (Wildman–Crippen MR) is 69.5 cm³/mol. The van der Waals surface area contributed by atoms with Crippen LogP contribution in [0.1, 0.15) is 13.8 Å². The molecule has 0 aliphatic carbocycles. The van der Waals surface area contributed by atoms with Crippen LogP contribution >= 0.6 is 0 Å². The fraction of sp³-hybridized carbons (Fsp3) is 0.500. The number of aliphatic carboxylic acids is 4. The van der Waals surface area contributed by atoms with Gasteiger partial charge in [-0.05, 0) is 13.8 Å². The van der Waals surface area contributed by atoms with Crippen molar-refractivity contribution in [3.8, 4) is 0 Å². The van der Waals surface area contributed by atoms with E-state index in [1.165, 1.54) is 0 Å². The van der Waals surface area contributed by atoms with Crippen LogP contribution in [-0.4, -0.2) is 47.3 Å². The van der Waals surface area contributed by atoms with E-state index in [9.17, 15) is 0 Å². The maximum absolute atomic E-state index is 8.93. The molecule has 140 valence electrons. The van der Waals surface area contributed by atoms with E-state index < -0.39 is 23.9 Å². The molecule has 0 aromatic carbocycles. The summed E-state index contributed by atoms with van der Waals surface area (Å²) in [5.74, 6) is -8.74. The van der Waals surface area contributed by atoms with Crippen molar-refractivity contribution in [1.82, 2.24) is 24.6 Å². The van der Waals surface area contributed by atoms with E-state index in [4.69, 9.17) is 49.8 Å². The quantitative estimate of drug-likeness (QED) is 0.227. The normalized spacial score (nSPS) is 5.64. The van der Waals surface area contributed by atoms with Crippen molar-refractivity contribution < 1.29 is 49.8 Å². The third kappa shape index (κ3) is 154. The summed E-state index contributed by atoms with van der Waals surface area (Å²) in [5.41, 5.74) is 0. The van der Waals surface area contributed by atoms with Crippen LogP contribution in [0, 0.1) is 0 Å². The number of quaternary nitrogens is 4. The Morgan fingerprint density at radius 1 is 0.591 bits per heavy atom. The summed E-state index contributed by atoms with van der Waals surface area (Å²) in [6, 6.07) is 0. The smallest absolute Gasteiger partial charge is 0.0870 e. The summed E-state index contributed by atoms with van der Waals surface area (Å²) in [7, 11) is 0. The molecule has 14 heteroatoms. The molecular formula is C8H28N4O10. The zero-order chi connectivity index (χ0) is 15.7. The number of carboxylic acid groups (broad SMARTS) is 4. The monoisotopic (exact) mass is 340 g/mol. The molecule has 0 rings (SSSR count). The summed E-state index contributed by atoms with van der Waals surface area (Å²) in [6.07, 6.45) is 0. The molecule has 14 nitrogen and oxygen atoms in total. The Kier molecular flexibility index (Phi) is 98.0. The Morgan fingerprint density at radius 2 is 0.636 bits per heavy atom. The first kappa shape index (κ1) is 50.4. The van der Waals surface area contributed by atoms with Gasteiger partial charge in [0, 0.05) is 13.2 Å². The van der Waals surface area contributed by atoms with Crippen molar-refractivity contribution in [3.63, 3.8) is 0 Å². The fourth-order valence-electron chi connectivity index (χ4n) is 0. The first-order chi connectivity index (χ1) is 8.11. The Morgan fingerprint density at radius 3 is 0.636 bits per heavy atom. The largest absolute Gasteiger partial charge is 0.543 e. The highest BCUT2D eigenvalue weighted by molar-refractivity contribution is 6.25. The van der Waals surface area contributed by atoms with Crippen LogP contribution in [-0.2, 0) is 19.2 Å². The molecule has 0 radical (unpaired) electrons. The zero-order valence-corrected chi connectivity index (χ0v) is 13.6. The number of hydrogen-bond donors (Lipinski definition) is 6. The molecule has 0 saturated carbocycles. The van der Waals surface area contributed by atoms with Crippen molar-refractivity contribution in [3.05, 3.63) is 0 Å². The number of carboxylic acids is 4. The van der Waals surface area contributed by atoms with Gasteiger partial charge in [-0.3, -0.25) is 0 Å². The molecule has 0 saturated heterocycles. The lowest BCUT2D eigenvalue weighted by atomic mass is 10.7. The lowest BCUT2D eigenvalue weighted by Gasteiger charge is -1.97. The molecule has 0 aromatic heterocycles. The minimum absolute atomic E-state index is 0. The van der Waals surface area contributed by atoms with Crippen LogP contribution < -0.4 is 45.0 Å². The standard InChI is InChI=1S/2C2H2O4.2C2H6O.4H3N/c2*3-1(4)2(5)6;2*1-2-3;;;;/h2*(H,3,4)(H,5,6);2*3H,2H2,1H3;4*1H3. The Labute approximate surface area is 126 Å². The molecule has 0 atom stereocenters. The Bertz CT molecular complexity index is 211. The molecule has 0 spiro atoms. The van der Waals surface area contributed by atoms with Crippen LogP contribution in [0.4, 0.5) is 0 Å². The number of carbonyl (C=O) groups excluding carboxylic acids is 4. The number of aliphatic hydroxyl groups is 2. The number of carbonyl (C=O) groups is 4. The highest BCUT2D eigenvalue weighted by Crippen LogP contribution is 1.42. The van der Waals surface area contributed by atoms with Crippen LogP contribution in [0.3, 0.4) is 0 Å². The first-order valence-corrected chi connectivity index (χ1v) is 4.18. The maximum atomic E-state index is 8.93. The average molecular weight is 340 g/mol. The maximum Gasteiger partial charge on any atom is 0.0870 e. The first-order valence-electron chi connectivity index (χ1n) is 4.18. The molecule has 0 heterocycles. The van der Waals surface area contributed by atoms with Gasteiger partial charge in [0.1, 0.15) is 0 Å². The van der Waals surface area contributed by atoms with E-state index in [-0.39, 0.29) is 37.8 Å². The number of aliphatic hydroxyl groups excluding tert-OH is 2. The molecule has 0 amide bonds. The topological polar surface area (TPSA) is 347 Å². The molecule has 0 bridgehead atoms. The number of hydrogen-bond acceptors (Lipinski definition) is 10. The third-order valence-corrected chi connectivity index (χ3v) is 0.333. The SMILES string of the molecule is CCO.CCO.O=C([O-])C(=O)[O-].O=C([O-])C(=O)[O-].[NH4+].[NH4+].[NH4+].[NH4+]. The molecule has 18 N–H and O–H groups in total. The van der Waals surface area contributed by atoms with Gasteiger partial charge >= 0.3 is 0 Å². The molecule has 0 aliphatic rings. The highest BCUT2D eigenvalue weighted by Gasteiger charge is 1.75. The van der Waals surface area contributed by atoms with E-state index in [1.54, 1.807) is 13.8 Å². The summed E-state index contributed by atoms with van der Waals surface area (Å²) in [4.78, 5) is 35.7. The van der Waals surface area contributed by atoms with Gasteiger partial charge in [0.15, 0.2) is 0 Å². The molecule has 0 aliphatic heterocycles. The van der Waals surface area contributed by atoms with Gasteiger partial charge in [0.2, 0.25) is 0 Å². The van der Waals surface area contributed by atoms with Gasteiger partial charge < -0.3 is 74.4 Å². The van der Waals surface area contributed by atoms with Crippen LogP contribution in [0.2, 0.25) is 0 Å². The van der Waals surface area contributed by atoms with Gasteiger partial charge in [-0.2, -0.15) is 0 Å². The van der Waals surface area contributed by atoms with Gasteiger partial charge in [-0.15, -0.1) is 0 Å². The van der Waals surface area contributed by atoms with E-state index in [2.05, 4.69) is 0 Å². The summed E-state index contributed by atoms with van der Waals surface area (Å²) in [6.45, 7) is 3.86. The molecule has 0 fully saturated rings. The second-order valence-corrected chi connectivity index (χ2v) is 1.78. The van der Waals surface area contributed by atoms with E-state index in [0.29, 0.717) is 0 Å². The number of rotatable bonds is 0. The second-order valence-electron chi connectivity index (χ2n) is 1.78. The van der Waals surface area contributed by atoms with Crippen molar-refractivity contribution in [2.75, 3.05) is 13.2 Å². The van der Waals surface area contributed by atoms with E-state index in [1.807, 2.05) is 0 Å². The molecule has 0 aromatic rings. The minimum Gasteiger partial charge on any atom is -0.543 e. The summed E-state index contributed by atoms with van der Waals surface area (Å²) >= 11 is 0.